The van der Waals surface area contributed by atoms with E-state index in [1.807, 2.05) is 0 Å². The Kier molecular flexibility index (Phi) is 7.21. The zero-order valence-corrected chi connectivity index (χ0v) is 12.3. The lowest BCUT2D eigenvalue weighted by atomic mass is 9.94. The van der Waals surface area contributed by atoms with Gasteiger partial charge in [0.2, 0.25) is 0 Å². The number of pyridine rings is 1. The first-order valence-corrected chi connectivity index (χ1v) is 7.24. The molecular weight excluding hydrogens is 270 g/mol. The van der Waals surface area contributed by atoms with Crippen molar-refractivity contribution in [1.29, 1.82) is 0 Å². The van der Waals surface area contributed by atoms with Crippen molar-refractivity contribution in [1.82, 2.24) is 10.3 Å². The third-order valence-electron chi connectivity index (χ3n) is 3.32. The van der Waals surface area contributed by atoms with E-state index in [1.165, 1.54) is 6.20 Å². The van der Waals surface area contributed by atoms with Gasteiger partial charge in [-0.05, 0) is 30.9 Å². The van der Waals surface area contributed by atoms with E-state index in [4.69, 9.17) is 10.8 Å². The van der Waals surface area contributed by atoms with E-state index in [0.717, 1.165) is 19.3 Å². The Balaban J connectivity index is 2.36. The molecule has 6 nitrogen and oxygen atoms in total. The van der Waals surface area contributed by atoms with Gasteiger partial charge >= 0.3 is 5.97 Å². The number of anilines is 1. The summed E-state index contributed by atoms with van der Waals surface area (Å²) in [4.78, 5) is 26.4. The summed E-state index contributed by atoms with van der Waals surface area (Å²) in [6, 6.07) is 3.22. The quantitative estimate of drug-likeness (QED) is 0.646. The molecule has 1 amide bonds. The van der Waals surface area contributed by atoms with E-state index in [-0.39, 0.29) is 12.3 Å². The average Bonchev–Trinajstić information content (AvgIpc) is 2.45. The Labute approximate surface area is 124 Å². The minimum Gasteiger partial charge on any atom is -0.481 e. The number of carboxylic acids is 1. The van der Waals surface area contributed by atoms with Gasteiger partial charge in [-0.3, -0.25) is 9.59 Å². The maximum atomic E-state index is 11.9. The van der Waals surface area contributed by atoms with E-state index >= 15 is 0 Å². The van der Waals surface area contributed by atoms with Crippen molar-refractivity contribution in [3.8, 4) is 0 Å². The van der Waals surface area contributed by atoms with Crippen LogP contribution < -0.4 is 11.1 Å². The highest BCUT2D eigenvalue weighted by atomic mass is 16.4. The van der Waals surface area contributed by atoms with Crippen molar-refractivity contribution in [3.05, 3.63) is 24.0 Å². The van der Waals surface area contributed by atoms with Gasteiger partial charge < -0.3 is 16.2 Å². The van der Waals surface area contributed by atoms with Crippen LogP contribution in [-0.2, 0) is 4.79 Å². The van der Waals surface area contributed by atoms with Crippen molar-refractivity contribution in [3.63, 3.8) is 0 Å². The maximum Gasteiger partial charge on any atom is 0.303 e. The number of nitrogen functional groups attached to an aromatic ring is 1. The molecule has 4 N–H and O–H groups in total. The molecule has 1 aromatic rings. The molecule has 0 aliphatic carbocycles. The fourth-order valence-electron chi connectivity index (χ4n) is 2.19. The Hall–Kier alpha value is -2.11. The number of rotatable bonds is 9. The molecule has 0 aliphatic rings. The number of nitrogens with one attached hydrogen (secondary N) is 1. The molecule has 0 radical (unpaired) electrons. The minimum atomic E-state index is -0.772. The van der Waals surface area contributed by atoms with Crippen LogP contribution in [0.2, 0.25) is 0 Å². The van der Waals surface area contributed by atoms with Gasteiger partial charge in [-0.1, -0.05) is 19.8 Å². The smallest absolute Gasteiger partial charge is 0.303 e. The van der Waals surface area contributed by atoms with Crippen molar-refractivity contribution in [2.24, 2.45) is 5.92 Å². The molecule has 116 valence electrons. The number of amides is 1. The largest absolute Gasteiger partial charge is 0.481 e. The SMILES string of the molecule is CCCC(CCNC(=O)c1ccc(N)cn1)CCC(=O)O. The summed E-state index contributed by atoms with van der Waals surface area (Å²) in [5.74, 6) is -0.680. The molecule has 0 saturated carbocycles. The number of hydrogen-bond acceptors (Lipinski definition) is 4. The van der Waals surface area contributed by atoms with Gasteiger partial charge in [-0.2, -0.15) is 0 Å². The molecule has 21 heavy (non-hydrogen) atoms. The summed E-state index contributed by atoms with van der Waals surface area (Å²) >= 11 is 0. The molecule has 1 unspecified atom stereocenters. The number of carboxylic acid groups (broad SMARTS) is 1. The molecule has 0 aliphatic heterocycles. The molecular formula is C15H23N3O3. The maximum absolute atomic E-state index is 11.9. The van der Waals surface area contributed by atoms with Crippen molar-refractivity contribution in [2.45, 2.75) is 39.0 Å². The lowest BCUT2D eigenvalue weighted by molar-refractivity contribution is -0.137. The van der Waals surface area contributed by atoms with E-state index < -0.39 is 5.97 Å². The summed E-state index contributed by atoms with van der Waals surface area (Å²) in [7, 11) is 0. The highest BCUT2D eigenvalue weighted by Crippen LogP contribution is 2.17. The zero-order chi connectivity index (χ0) is 15.7. The topological polar surface area (TPSA) is 105 Å². The standard InChI is InChI=1S/C15H23N3O3/c1-2-3-11(4-7-14(19)20)8-9-17-15(21)13-6-5-12(16)10-18-13/h5-6,10-11H,2-4,7-9,16H2,1H3,(H,17,21)(H,19,20). The van der Waals surface area contributed by atoms with Gasteiger partial charge in [-0.25, -0.2) is 4.98 Å². The molecule has 1 heterocycles. The normalized spacial score (nSPS) is 11.9. The molecule has 0 bridgehead atoms. The number of hydrogen-bond donors (Lipinski definition) is 3. The second kappa shape index (κ2) is 8.94. The Morgan fingerprint density at radius 2 is 2.10 bits per heavy atom. The Morgan fingerprint density at radius 3 is 2.67 bits per heavy atom. The first-order valence-electron chi connectivity index (χ1n) is 7.24. The number of nitrogens with zero attached hydrogens (tertiary/aromatic N) is 1. The number of carbonyl (C=O) groups excluding carboxylic acids is 1. The lowest BCUT2D eigenvalue weighted by Crippen LogP contribution is -2.27. The number of carbonyl (C=O) groups is 2. The number of aliphatic carboxylic acids is 1. The van der Waals surface area contributed by atoms with Crippen LogP contribution in [0.5, 0.6) is 0 Å². The van der Waals surface area contributed by atoms with E-state index in [9.17, 15) is 9.59 Å². The lowest BCUT2D eigenvalue weighted by Gasteiger charge is -2.15. The summed E-state index contributed by atoms with van der Waals surface area (Å²) in [6.07, 6.45) is 5.04. The monoisotopic (exact) mass is 293 g/mol. The molecule has 0 aromatic carbocycles. The van der Waals surface area contributed by atoms with Crippen molar-refractivity contribution >= 4 is 17.6 Å². The highest BCUT2D eigenvalue weighted by molar-refractivity contribution is 5.92. The van der Waals surface area contributed by atoms with Crippen LogP contribution in [-0.4, -0.2) is 28.5 Å². The fourth-order valence-corrected chi connectivity index (χ4v) is 2.19. The number of aromatic nitrogens is 1. The van der Waals surface area contributed by atoms with Crippen molar-refractivity contribution < 1.29 is 14.7 Å². The Morgan fingerprint density at radius 1 is 1.33 bits per heavy atom. The molecule has 0 spiro atoms. The third kappa shape index (κ3) is 6.74. The van der Waals surface area contributed by atoms with Crippen LogP contribution in [0.1, 0.15) is 49.5 Å². The second-order valence-electron chi connectivity index (χ2n) is 5.11. The first kappa shape index (κ1) is 16.9. The Bertz CT molecular complexity index is 460. The van der Waals surface area contributed by atoms with Gasteiger partial charge in [0, 0.05) is 13.0 Å². The predicted octanol–water partition coefficient (Wildman–Crippen LogP) is 2.06. The van der Waals surface area contributed by atoms with E-state index in [2.05, 4.69) is 17.2 Å². The van der Waals surface area contributed by atoms with Crippen LogP contribution in [0.15, 0.2) is 18.3 Å². The zero-order valence-electron chi connectivity index (χ0n) is 12.3. The highest BCUT2D eigenvalue weighted by Gasteiger charge is 2.12. The summed E-state index contributed by atoms with van der Waals surface area (Å²) in [6.45, 7) is 2.60. The minimum absolute atomic E-state index is 0.179. The molecule has 1 atom stereocenters. The molecule has 0 saturated heterocycles. The van der Waals surface area contributed by atoms with E-state index in [1.54, 1.807) is 12.1 Å². The predicted molar refractivity (Wildman–Crippen MR) is 80.9 cm³/mol. The van der Waals surface area contributed by atoms with Gasteiger partial charge in [0.1, 0.15) is 5.69 Å². The fraction of sp³-hybridized carbons (Fsp3) is 0.533. The second-order valence-corrected chi connectivity index (χ2v) is 5.11. The van der Waals surface area contributed by atoms with Gasteiger partial charge in [0.15, 0.2) is 0 Å². The van der Waals surface area contributed by atoms with Gasteiger partial charge in [0.05, 0.1) is 11.9 Å². The van der Waals surface area contributed by atoms with Crippen LogP contribution in [0.4, 0.5) is 5.69 Å². The van der Waals surface area contributed by atoms with E-state index in [0.29, 0.717) is 30.3 Å². The molecule has 1 rings (SSSR count). The summed E-state index contributed by atoms with van der Waals surface area (Å²) < 4.78 is 0. The average molecular weight is 293 g/mol. The van der Waals surface area contributed by atoms with Crippen LogP contribution >= 0.6 is 0 Å². The first-order chi connectivity index (χ1) is 10.0. The number of nitrogens with two attached hydrogens (primary N) is 1. The van der Waals surface area contributed by atoms with Crippen LogP contribution in [0, 0.1) is 5.92 Å². The third-order valence-corrected chi connectivity index (χ3v) is 3.32. The van der Waals surface area contributed by atoms with Crippen LogP contribution in [0.25, 0.3) is 0 Å². The summed E-state index contributed by atoms with van der Waals surface area (Å²) in [5, 5.41) is 11.5. The molecule has 6 heteroatoms. The van der Waals surface area contributed by atoms with Gasteiger partial charge in [0.25, 0.3) is 5.91 Å². The van der Waals surface area contributed by atoms with Crippen molar-refractivity contribution in [2.75, 3.05) is 12.3 Å². The summed E-state index contributed by atoms with van der Waals surface area (Å²) in [5.41, 5.74) is 6.37. The van der Waals surface area contributed by atoms with Crippen LogP contribution in [0.3, 0.4) is 0 Å². The molecule has 1 aromatic heterocycles. The molecule has 0 fully saturated rings. The van der Waals surface area contributed by atoms with Gasteiger partial charge in [-0.15, -0.1) is 0 Å².